The molecule has 0 N–H and O–H groups in total. The highest BCUT2D eigenvalue weighted by Crippen LogP contribution is 2.48. The second-order valence-corrected chi connectivity index (χ2v) is 13.7. The van der Waals surface area contributed by atoms with Crippen LogP contribution in [0, 0.1) is 0 Å². The van der Waals surface area contributed by atoms with E-state index in [0.717, 1.165) is 16.6 Å². The largest absolute Gasteiger partial charge is 0.456 e. The van der Waals surface area contributed by atoms with Crippen LogP contribution in [0.4, 0.5) is 0 Å². The molecule has 0 aliphatic carbocycles. The van der Waals surface area contributed by atoms with Gasteiger partial charge >= 0.3 is 0 Å². The highest BCUT2D eigenvalue weighted by atomic mass is 32.1. The second-order valence-electron chi connectivity index (χ2n) is 11.6. The van der Waals surface area contributed by atoms with Gasteiger partial charge in [-0.2, -0.15) is 0 Å². The molecule has 0 bridgehead atoms. The third-order valence-electron chi connectivity index (χ3n) is 9.11. The topological polar surface area (TPSA) is 13.1 Å². The molecular weight excluding hydrogens is 585 g/mol. The van der Waals surface area contributed by atoms with Gasteiger partial charge in [0.2, 0.25) is 0 Å². The van der Waals surface area contributed by atoms with Crippen molar-refractivity contribution in [1.82, 2.24) is 0 Å². The van der Waals surface area contributed by atoms with Gasteiger partial charge in [0.25, 0.3) is 0 Å². The summed E-state index contributed by atoms with van der Waals surface area (Å²) in [6.07, 6.45) is 0. The molecule has 0 saturated carbocycles. The number of benzene rings is 7. The van der Waals surface area contributed by atoms with Crippen LogP contribution in [0.5, 0.6) is 0 Å². The Morgan fingerprint density at radius 2 is 1.00 bits per heavy atom. The van der Waals surface area contributed by atoms with Gasteiger partial charge in [0.1, 0.15) is 11.2 Å². The van der Waals surface area contributed by atoms with Crippen LogP contribution < -0.4 is 0 Å². The van der Waals surface area contributed by atoms with E-state index in [0.29, 0.717) is 0 Å². The highest BCUT2D eigenvalue weighted by Gasteiger charge is 2.21. The quantitative estimate of drug-likeness (QED) is 0.194. The molecule has 10 rings (SSSR count). The van der Waals surface area contributed by atoms with Crippen molar-refractivity contribution in [1.29, 1.82) is 0 Å². The van der Waals surface area contributed by atoms with E-state index in [4.69, 9.17) is 4.42 Å². The maximum atomic E-state index is 6.60. The molecule has 0 saturated heterocycles. The molecular formula is C42H24OS2. The first kappa shape index (κ1) is 25.1. The lowest BCUT2D eigenvalue weighted by molar-refractivity contribution is 0.669. The lowest BCUT2D eigenvalue weighted by atomic mass is 9.89. The zero-order chi connectivity index (χ0) is 29.5. The minimum atomic E-state index is 0.910. The molecule has 0 atom stereocenters. The van der Waals surface area contributed by atoms with Crippen LogP contribution in [0.2, 0.25) is 0 Å². The molecule has 3 heteroatoms. The first-order valence-corrected chi connectivity index (χ1v) is 16.8. The van der Waals surface area contributed by atoms with Gasteiger partial charge in [0, 0.05) is 56.7 Å². The summed E-state index contributed by atoms with van der Waals surface area (Å²) in [7, 11) is 0. The van der Waals surface area contributed by atoms with Gasteiger partial charge in [-0.1, -0.05) is 115 Å². The summed E-state index contributed by atoms with van der Waals surface area (Å²) >= 11 is 3.75. The van der Waals surface area contributed by atoms with E-state index in [1.807, 2.05) is 22.7 Å². The van der Waals surface area contributed by atoms with Crippen molar-refractivity contribution in [3.05, 3.63) is 146 Å². The maximum Gasteiger partial charge on any atom is 0.136 e. The van der Waals surface area contributed by atoms with Crippen molar-refractivity contribution in [2.75, 3.05) is 0 Å². The van der Waals surface area contributed by atoms with Crippen LogP contribution in [0.25, 0.3) is 95.7 Å². The van der Waals surface area contributed by atoms with E-state index < -0.39 is 0 Å². The fourth-order valence-corrected chi connectivity index (χ4v) is 9.55. The van der Waals surface area contributed by atoms with Crippen molar-refractivity contribution in [3.63, 3.8) is 0 Å². The Morgan fingerprint density at radius 1 is 0.378 bits per heavy atom. The van der Waals surface area contributed by atoms with Crippen LogP contribution in [-0.4, -0.2) is 0 Å². The lowest BCUT2D eigenvalue weighted by Gasteiger charge is -2.14. The molecule has 0 aliphatic rings. The van der Waals surface area contributed by atoms with Crippen molar-refractivity contribution in [2.45, 2.75) is 0 Å². The molecule has 0 radical (unpaired) electrons. The number of hydrogen-bond donors (Lipinski definition) is 0. The molecule has 10 aromatic rings. The average Bonchev–Trinajstić information content (AvgIpc) is 3.79. The summed E-state index contributed by atoms with van der Waals surface area (Å²) in [5.41, 5.74) is 9.15. The molecule has 3 heterocycles. The van der Waals surface area contributed by atoms with E-state index in [-0.39, 0.29) is 0 Å². The third kappa shape index (κ3) is 3.72. The van der Waals surface area contributed by atoms with Crippen molar-refractivity contribution < 1.29 is 4.42 Å². The molecule has 0 spiro atoms. The fourth-order valence-electron chi connectivity index (χ4n) is 7.13. The Hall–Kier alpha value is -5.22. The molecule has 7 aromatic carbocycles. The number of hydrogen-bond acceptors (Lipinski definition) is 3. The van der Waals surface area contributed by atoms with Crippen LogP contribution >= 0.6 is 22.7 Å². The second kappa shape index (κ2) is 9.64. The van der Waals surface area contributed by atoms with E-state index >= 15 is 0 Å². The molecule has 0 fully saturated rings. The molecule has 45 heavy (non-hydrogen) atoms. The minimum absolute atomic E-state index is 0.910. The summed E-state index contributed by atoms with van der Waals surface area (Å²) in [4.78, 5) is 0. The zero-order valence-corrected chi connectivity index (χ0v) is 25.7. The Morgan fingerprint density at radius 3 is 1.80 bits per heavy atom. The molecule has 210 valence electrons. The Bertz CT molecular complexity index is 2760. The molecule has 0 aliphatic heterocycles. The SMILES string of the molecule is c1ccc(-c2c(-c3cccc4oc5cccc(-c6ccc7c(c6)sc6ccccc67)c5c34)ccc3c2sc2ccccc23)cc1. The molecule has 0 unspecified atom stereocenters. The van der Waals surface area contributed by atoms with E-state index in [2.05, 4.69) is 146 Å². The van der Waals surface area contributed by atoms with Gasteiger partial charge in [-0.05, 0) is 58.1 Å². The fraction of sp³-hybridized carbons (Fsp3) is 0. The van der Waals surface area contributed by atoms with Crippen LogP contribution in [0.3, 0.4) is 0 Å². The number of furan rings is 1. The number of fused-ring (bicyclic) bond motifs is 9. The Kier molecular flexibility index (Phi) is 5.39. The number of rotatable bonds is 3. The van der Waals surface area contributed by atoms with Crippen molar-refractivity contribution in [2.24, 2.45) is 0 Å². The number of thiophene rings is 2. The molecule has 3 aromatic heterocycles. The highest BCUT2D eigenvalue weighted by molar-refractivity contribution is 7.26. The Labute approximate surface area is 267 Å². The lowest BCUT2D eigenvalue weighted by Crippen LogP contribution is -1.88. The van der Waals surface area contributed by atoms with Crippen molar-refractivity contribution in [3.8, 4) is 33.4 Å². The van der Waals surface area contributed by atoms with Crippen LogP contribution in [0.15, 0.2) is 150 Å². The summed E-state index contributed by atoms with van der Waals surface area (Å²) in [6, 6.07) is 52.8. The summed E-state index contributed by atoms with van der Waals surface area (Å²) < 4.78 is 11.9. The monoisotopic (exact) mass is 608 g/mol. The van der Waals surface area contributed by atoms with E-state index in [9.17, 15) is 0 Å². The van der Waals surface area contributed by atoms with Gasteiger partial charge in [-0.3, -0.25) is 0 Å². The minimum Gasteiger partial charge on any atom is -0.456 e. The van der Waals surface area contributed by atoms with Gasteiger partial charge in [0.05, 0.1) is 0 Å². The van der Waals surface area contributed by atoms with Crippen LogP contribution in [0.1, 0.15) is 0 Å². The molecule has 1 nitrogen and oxygen atoms in total. The van der Waals surface area contributed by atoms with Gasteiger partial charge in [0.15, 0.2) is 0 Å². The summed E-state index contributed by atoms with van der Waals surface area (Å²) in [5, 5.41) is 7.58. The Balaban J connectivity index is 1.29. The maximum absolute atomic E-state index is 6.60. The van der Waals surface area contributed by atoms with Crippen LogP contribution in [-0.2, 0) is 0 Å². The zero-order valence-electron chi connectivity index (χ0n) is 24.1. The predicted molar refractivity (Wildman–Crippen MR) is 196 cm³/mol. The standard InChI is InChI=1S/C42H24OS2/c1-2-10-25(11-3-1)39-32(22-23-33-29-13-5-7-19-37(29)45-42(33)39)31-15-9-17-35-41(31)40-27(14-8-16-34(40)43-35)26-20-21-30-28-12-4-6-18-36(28)44-38(30)24-26/h1-24H. The summed E-state index contributed by atoms with van der Waals surface area (Å²) in [6.45, 7) is 0. The predicted octanol–water partition coefficient (Wildman–Crippen LogP) is 13.3. The summed E-state index contributed by atoms with van der Waals surface area (Å²) in [5.74, 6) is 0. The smallest absolute Gasteiger partial charge is 0.136 e. The normalized spacial score (nSPS) is 12.0. The first-order valence-electron chi connectivity index (χ1n) is 15.2. The first-order chi connectivity index (χ1) is 22.3. The van der Waals surface area contributed by atoms with E-state index in [1.165, 1.54) is 79.1 Å². The molecule has 0 amide bonds. The van der Waals surface area contributed by atoms with Gasteiger partial charge < -0.3 is 4.42 Å². The van der Waals surface area contributed by atoms with Gasteiger partial charge in [-0.15, -0.1) is 22.7 Å². The van der Waals surface area contributed by atoms with Crippen molar-refractivity contribution >= 4 is 85.0 Å². The van der Waals surface area contributed by atoms with Gasteiger partial charge in [-0.25, -0.2) is 0 Å². The third-order valence-corrected chi connectivity index (χ3v) is 11.4. The average molecular weight is 609 g/mol. The van der Waals surface area contributed by atoms with E-state index in [1.54, 1.807) is 0 Å².